The van der Waals surface area contributed by atoms with Crippen molar-refractivity contribution in [3.05, 3.63) is 11.8 Å². The lowest BCUT2D eigenvalue weighted by Gasteiger charge is -2.13. The lowest BCUT2D eigenvalue weighted by Crippen LogP contribution is -2.32. The first-order valence-corrected chi connectivity index (χ1v) is 5.39. The molecule has 0 rings (SSSR count). The van der Waals surface area contributed by atoms with Gasteiger partial charge >= 0.3 is 0 Å². The number of amides is 2. The van der Waals surface area contributed by atoms with Gasteiger partial charge < -0.3 is 16.0 Å². The van der Waals surface area contributed by atoms with Gasteiger partial charge in [-0.15, -0.1) is 0 Å². The average Bonchev–Trinajstić information content (AvgIpc) is 2.28. The van der Waals surface area contributed by atoms with E-state index in [1.807, 2.05) is 0 Å². The third-order valence-electron chi connectivity index (χ3n) is 1.84. The Morgan fingerprint density at radius 1 is 1.59 bits per heavy atom. The van der Waals surface area contributed by atoms with Crippen LogP contribution in [0.15, 0.2) is 11.8 Å². The molecule has 6 heteroatoms. The van der Waals surface area contributed by atoms with Gasteiger partial charge in [-0.2, -0.15) is 5.26 Å². The van der Waals surface area contributed by atoms with Crippen molar-refractivity contribution < 1.29 is 9.59 Å². The van der Waals surface area contributed by atoms with Crippen molar-refractivity contribution in [2.45, 2.75) is 26.3 Å². The Hall–Kier alpha value is -1.87. The number of nitriles is 1. The molecule has 6 nitrogen and oxygen atoms in total. The Kier molecular flexibility index (Phi) is 7.39. The van der Waals surface area contributed by atoms with E-state index < -0.39 is 5.91 Å². The Labute approximate surface area is 101 Å². The SMILES string of the molecule is CC(C)NC(=O)/C(C#N)=C\N(C=O)CCCN. The van der Waals surface area contributed by atoms with Crippen LogP contribution in [-0.4, -0.2) is 36.3 Å². The first-order chi connectivity index (χ1) is 8.04. The molecule has 0 aliphatic heterocycles. The van der Waals surface area contributed by atoms with Gasteiger partial charge in [-0.25, -0.2) is 0 Å². The van der Waals surface area contributed by atoms with Gasteiger partial charge in [0.25, 0.3) is 5.91 Å². The van der Waals surface area contributed by atoms with Crippen molar-refractivity contribution >= 4 is 12.3 Å². The zero-order chi connectivity index (χ0) is 13.3. The summed E-state index contributed by atoms with van der Waals surface area (Å²) in [6.07, 6.45) is 2.41. The molecule has 0 saturated heterocycles. The maximum absolute atomic E-state index is 11.5. The van der Waals surface area contributed by atoms with Crippen molar-refractivity contribution in [2.75, 3.05) is 13.1 Å². The number of nitrogens with zero attached hydrogens (tertiary/aromatic N) is 2. The van der Waals surface area contributed by atoms with E-state index in [1.165, 1.54) is 11.1 Å². The molecule has 0 aromatic carbocycles. The highest BCUT2D eigenvalue weighted by molar-refractivity contribution is 5.97. The van der Waals surface area contributed by atoms with E-state index in [4.69, 9.17) is 11.0 Å². The molecule has 94 valence electrons. The van der Waals surface area contributed by atoms with Crippen LogP contribution in [0.25, 0.3) is 0 Å². The van der Waals surface area contributed by atoms with Crippen LogP contribution < -0.4 is 11.1 Å². The molecule has 0 fully saturated rings. The van der Waals surface area contributed by atoms with Gasteiger partial charge in [0, 0.05) is 18.8 Å². The molecular formula is C11H18N4O2. The monoisotopic (exact) mass is 238 g/mol. The van der Waals surface area contributed by atoms with Crippen LogP contribution in [0.4, 0.5) is 0 Å². The van der Waals surface area contributed by atoms with Crippen molar-refractivity contribution in [3.63, 3.8) is 0 Å². The van der Waals surface area contributed by atoms with Crippen LogP contribution in [0.1, 0.15) is 20.3 Å². The molecule has 0 spiro atoms. The molecule has 2 amide bonds. The Balaban J connectivity index is 4.66. The summed E-state index contributed by atoms with van der Waals surface area (Å²) in [5.41, 5.74) is 5.22. The van der Waals surface area contributed by atoms with Crippen LogP contribution in [-0.2, 0) is 9.59 Å². The second-order valence-corrected chi connectivity index (χ2v) is 3.77. The number of hydrogen-bond donors (Lipinski definition) is 2. The fourth-order valence-corrected chi connectivity index (χ4v) is 1.07. The van der Waals surface area contributed by atoms with Crippen molar-refractivity contribution in [2.24, 2.45) is 5.73 Å². The lowest BCUT2D eigenvalue weighted by atomic mass is 10.2. The van der Waals surface area contributed by atoms with Crippen LogP contribution in [0, 0.1) is 11.3 Å². The van der Waals surface area contributed by atoms with Gasteiger partial charge in [-0.05, 0) is 26.8 Å². The minimum absolute atomic E-state index is 0.0621. The third kappa shape index (κ3) is 6.33. The summed E-state index contributed by atoms with van der Waals surface area (Å²) in [5, 5.41) is 11.4. The maximum Gasteiger partial charge on any atom is 0.263 e. The van der Waals surface area contributed by atoms with E-state index >= 15 is 0 Å². The molecule has 0 aromatic heterocycles. The molecule has 0 bridgehead atoms. The molecule has 3 N–H and O–H groups in total. The Morgan fingerprint density at radius 3 is 2.65 bits per heavy atom. The van der Waals surface area contributed by atoms with E-state index in [0.717, 1.165) is 0 Å². The van der Waals surface area contributed by atoms with E-state index in [0.29, 0.717) is 25.9 Å². The largest absolute Gasteiger partial charge is 0.349 e. The smallest absolute Gasteiger partial charge is 0.263 e. The molecule has 0 saturated carbocycles. The predicted molar refractivity (Wildman–Crippen MR) is 63.4 cm³/mol. The standard InChI is InChI=1S/C11H18N4O2/c1-9(2)14-11(17)10(6-13)7-15(8-16)5-3-4-12/h7-9H,3-5,12H2,1-2H3,(H,14,17)/b10-7-. The van der Waals surface area contributed by atoms with Crippen molar-refractivity contribution in [1.29, 1.82) is 5.26 Å². The molecular weight excluding hydrogens is 220 g/mol. The van der Waals surface area contributed by atoms with Gasteiger partial charge in [-0.3, -0.25) is 9.59 Å². The molecule has 0 atom stereocenters. The average molecular weight is 238 g/mol. The lowest BCUT2D eigenvalue weighted by molar-refractivity contribution is -0.117. The van der Waals surface area contributed by atoms with Crippen LogP contribution >= 0.6 is 0 Å². The number of rotatable bonds is 7. The number of carbonyl (C=O) groups excluding carboxylic acids is 2. The minimum atomic E-state index is -0.484. The molecule has 0 heterocycles. The molecule has 0 radical (unpaired) electrons. The molecule has 0 aliphatic carbocycles. The van der Waals surface area contributed by atoms with E-state index in [9.17, 15) is 9.59 Å². The maximum atomic E-state index is 11.5. The topological polar surface area (TPSA) is 99.2 Å². The normalized spacial score (nSPS) is 10.9. The van der Waals surface area contributed by atoms with Crippen molar-refractivity contribution in [1.82, 2.24) is 10.2 Å². The third-order valence-corrected chi connectivity index (χ3v) is 1.84. The number of hydrogen-bond acceptors (Lipinski definition) is 4. The summed E-state index contributed by atoms with van der Waals surface area (Å²) in [4.78, 5) is 23.5. The Bertz CT molecular complexity index is 331. The highest BCUT2D eigenvalue weighted by Gasteiger charge is 2.11. The molecule has 0 aliphatic rings. The fraction of sp³-hybridized carbons (Fsp3) is 0.545. The highest BCUT2D eigenvalue weighted by Crippen LogP contribution is 1.98. The zero-order valence-corrected chi connectivity index (χ0v) is 10.1. The second-order valence-electron chi connectivity index (χ2n) is 3.77. The van der Waals surface area contributed by atoms with E-state index in [2.05, 4.69) is 5.32 Å². The summed E-state index contributed by atoms with van der Waals surface area (Å²) < 4.78 is 0. The summed E-state index contributed by atoms with van der Waals surface area (Å²) >= 11 is 0. The first-order valence-electron chi connectivity index (χ1n) is 5.39. The van der Waals surface area contributed by atoms with E-state index in [1.54, 1.807) is 19.9 Å². The number of carbonyl (C=O) groups is 2. The Morgan fingerprint density at radius 2 is 2.24 bits per heavy atom. The molecule has 0 unspecified atom stereocenters. The summed E-state index contributed by atoms with van der Waals surface area (Å²) in [6.45, 7) is 4.41. The second kappa shape index (κ2) is 8.30. The summed E-state index contributed by atoms with van der Waals surface area (Å²) in [7, 11) is 0. The van der Waals surface area contributed by atoms with E-state index in [-0.39, 0.29) is 11.6 Å². The number of nitrogens with one attached hydrogen (secondary N) is 1. The van der Waals surface area contributed by atoms with Crippen LogP contribution in [0.2, 0.25) is 0 Å². The number of nitrogens with two attached hydrogens (primary N) is 1. The van der Waals surface area contributed by atoms with Crippen LogP contribution in [0.5, 0.6) is 0 Å². The highest BCUT2D eigenvalue weighted by atomic mass is 16.2. The first kappa shape index (κ1) is 15.1. The van der Waals surface area contributed by atoms with Gasteiger partial charge in [0.05, 0.1) is 0 Å². The van der Waals surface area contributed by atoms with Gasteiger partial charge in [0.15, 0.2) is 0 Å². The van der Waals surface area contributed by atoms with Crippen molar-refractivity contribution in [3.8, 4) is 6.07 Å². The zero-order valence-electron chi connectivity index (χ0n) is 10.1. The molecule has 0 aromatic rings. The van der Waals surface area contributed by atoms with Gasteiger partial charge in [-0.1, -0.05) is 0 Å². The summed E-state index contributed by atoms with van der Waals surface area (Å²) in [6, 6.07) is 1.70. The quantitative estimate of drug-likeness (QED) is 0.362. The van der Waals surface area contributed by atoms with Gasteiger partial charge in [0.2, 0.25) is 6.41 Å². The predicted octanol–water partition coefficient (Wildman–Crippen LogP) is -0.274. The minimum Gasteiger partial charge on any atom is -0.349 e. The fourth-order valence-electron chi connectivity index (χ4n) is 1.07. The van der Waals surface area contributed by atoms with Gasteiger partial charge in [0.1, 0.15) is 11.6 Å². The van der Waals surface area contributed by atoms with Crippen LogP contribution in [0.3, 0.4) is 0 Å². The summed E-state index contributed by atoms with van der Waals surface area (Å²) in [5.74, 6) is -0.484. The molecule has 17 heavy (non-hydrogen) atoms.